The molecule has 0 radical (unpaired) electrons. The topological polar surface area (TPSA) is 38.0 Å². The van der Waals surface area contributed by atoms with Crippen LogP contribution in [0.15, 0.2) is 30.5 Å². The van der Waals surface area contributed by atoms with Crippen molar-refractivity contribution in [1.29, 1.82) is 0 Å². The normalized spacial score (nSPS) is 10.8. The van der Waals surface area contributed by atoms with E-state index in [4.69, 9.17) is 5.11 Å². The Morgan fingerprint density at radius 2 is 2.17 bits per heavy atom. The van der Waals surface area contributed by atoms with Gasteiger partial charge in [0.25, 0.3) is 0 Å². The van der Waals surface area contributed by atoms with E-state index in [-0.39, 0.29) is 6.61 Å². The molecule has 2 aromatic rings. The van der Waals surface area contributed by atoms with Crippen molar-refractivity contribution in [2.75, 3.05) is 6.61 Å². The van der Waals surface area contributed by atoms with Gasteiger partial charge in [-0.05, 0) is 6.07 Å². The lowest BCUT2D eigenvalue weighted by atomic mass is 10.3. The van der Waals surface area contributed by atoms with Gasteiger partial charge in [-0.25, -0.2) is 0 Å². The third kappa shape index (κ3) is 1.19. The number of hydrogen-bond acceptors (Lipinski definition) is 2. The minimum Gasteiger partial charge on any atom is -0.394 e. The quantitative estimate of drug-likeness (QED) is 0.716. The van der Waals surface area contributed by atoms with E-state index in [9.17, 15) is 0 Å². The second-order valence-corrected chi connectivity index (χ2v) is 2.67. The molecule has 0 unspecified atom stereocenters. The van der Waals surface area contributed by atoms with Crippen molar-refractivity contribution in [2.45, 2.75) is 6.54 Å². The molecule has 3 nitrogen and oxygen atoms in total. The first-order chi connectivity index (χ1) is 5.90. The summed E-state index contributed by atoms with van der Waals surface area (Å²) in [5.74, 6) is 0. The van der Waals surface area contributed by atoms with Crippen LogP contribution in [0.1, 0.15) is 0 Å². The third-order valence-electron chi connectivity index (χ3n) is 1.79. The van der Waals surface area contributed by atoms with Crippen LogP contribution in [-0.2, 0) is 6.54 Å². The Kier molecular flexibility index (Phi) is 1.80. The fourth-order valence-electron chi connectivity index (χ4n) is 1.23. The molecule has 1 N–H and O–H groups in total. The second-order valence-electron chi connectivity index (χ2n) is 2.67. The monoisotopic (exact) mass is 162 g/mol. The lowest BCUT2D eigenvalue weighted by Crippen LogP contribution is -2.01. The largest absolute Gasteiger partial charge is 0.394 e. The van der Waals surface area contributed by atoms with Crippen molar-refractivity contribution in [2.24, 2.45) is 0 Å². The fourth-order valence-corrected chi connectivity index (χ4v) is 1.23. The molecule has 1 aromatic heterocycles. The van der Waals surface area contributed by atoms with E-state index in [1.807, 2.05) is 30.5 Å². The van der Waals surface area contributed by atoms with Gasteiger partial charge in [0.15, 0.2) is 0 Å². The molecule has 0 amide bonds. The molecule has 1 aromatic carbocycles. The molecule has 0 saturated heterocycles. The highest BCUT2D eigenvalue weighted by Crippen LogP contribution is 2.10. The van der Waals surface area contributed by atoms with Gasteiger partial charge in [-0.15, -0.1) is 0 Å². The highest BCUT2D eigenvalue weighted by Gasteiger charge is 1.96. The van der Waals surface area contributed by atoms with Gasteiger partial charge in [0.05, 0.1) is 18.7 Å². The molecule has 1 heterocycles. The van der Waals surface area contributed by atoms with E-state index in [1.165, 1.54) is 0 Å². The van der Waals surface area contributed by atoms with Crippen LogP contribution in [-0.4, -0.2) is 21.5 Å². The summed E-state index contributed by atoms with van der Waals surface area (Å²) in [5, 5.41) is 14.1. The smallest absolute Gasteiger partial charge is 0.0923 e. The highest BCUT2D eigenvalue weighted by atomic mass is 16.3. The average Bonchev–Trinajstić information content (AvgIpc) is 2.47. The molecular formula is C9H10N2O. The Morgan fingerprint density at radius 3 is 2.92 bits per heavy atom. The lowest BCUT2D eigenvalue weighted by molar-refractivity contribution is 0.270. The molecule has 0 spiro atoms. The third-order valence-corrected chi connectivity index (χ3v) is 1.79. The highest BCUT2D eigenvalue weighted by molar-refractivity contribution is 5.77. The summed E-state index contributed by atoms with van der Waals surface area (Å²) in [7, 11) is 0. The Morgan fingerprint density at radius 1 is 1.33 bits per heavy atom. The number of rotatable bonds is 2. The van der Waals surface area contributed by atoms with Crippen molar-refractivity contribution >= 4 is 10.9 Å². The van der Waals surface area contributed by atoms with E-state index in [0.717, 1.165) is 10.9 Å². The van der Waals surface area contributed by atoms with Crippen molar-refractivity contribution in [3.8, 4) is 0 Å². The summed E-state index contributed by atoms with van der Waals surface area (Å²) < 4.78 is 1.75. The Hall–Kier alpha value is -1.35. The lowest BCUT2D eigenvalue weighted by Gasteiger charge is -1.92. The number of aliphatic hydroxyl groups is 1. The first kappa shape index (κ1) is 7.31. The summed E-state index contributed by atoms with van der Waals surface area (Å²) in [5.41, 5.74) is 0.978. The van der Waals surface area contributed by atoms with Crippen LogP contribution >= 0.6 is 0 Å². The zero-order chi connectivity index (χ0) is 8.39. The van der Waals surface area contributed by atoms with Crippen molar-refractivity contribution < 1.29 is 5.11 Å². The molecule has 0 fully saturated rings. The molecule has 0 bridgehead atoms. The molecule has 0 aliphatic heterocycles. The van der Waals surface area contributed by atoms with E-state index in [2.05, 4.69) is 5.10 Å². The van der Waals surface area contributed by atoms with Crippen LogP contribution in [0.4, 0.5) is 0 Å². The zero-order valence-electron chi connectivity index (χ0n) is 6.64. The molecule has 62 valence electrons. The van der Waals surface area contributed by atoms with Crippen molar-refractivity contribution in [1.82, 2.24) is 9.78 Å². The van der Waals surface area contributed by atoms with E-state index in [0.29, 0.717) is 6.54 Å². The zero-order valence-corrected chi connectivity index (χ0v) is 6.64. The molecule has 2 rings (SSSR count). The van der Waals surface area contributed by atoms with Crippen LogP contribution < -0.4 is 0 Å². The van der Waals surface area contributed by atoms with Crippen LogP contribution in [0.2, 0.25) is 0 Å². The number of fused-ring (bicyclic) bond motifs is 1. The summed E-state index contributed by atoms with van der Waals surface area (Å²) in [6.45, 7) is 0.697. The number of aliphatic hydroxyl groups excluding tert-OH is 1. The molecule has 0 aliphatic carbocycles. The number of aromatic nitrogens is 2. The molecular weight excluding hydrogens is 152 g/mol. The molecule has 0 aliphatic rings. The second kappa shape index (κ2) is 2.95. The number of benzene rings is 1. The van der Waals surface area contributed by atoms with Gasteiger partial charge in [-0.2, -0.15) is 5.10 Å². The minimum atomic E-state index is 0.133. The first-order valence-corrected chi connectivity index (χ1v) is 3.93. The van der Waals surface area contributed by atoms with Gasteiger partial charge in [-0.3, -0.25) is 4.68 Å². The van der Waals surface area contributed by atoms with Crippen molar-refractivity contribution in [3.05, 3.63) is 30.5 Å². The van der Waals surface area contributed by atoms with Gasteiger partial charge >= 0.3 is 0 Å². The van der Waals surface area contributed by atoms with Crippen LogP contribution in [0.3, 0.4) is 0 Å². The van der Waals surface area contributed by atoms with Gasteiger partial charge in [0.2, 0.25) is 0 Å². The average molecular weight is 162 g/mol. The summed E-state index contributed by atoms with van der Waals surface area (Å²) >= 11 is 0. The predicted molar refractivity (Wildman–Crippen MR) is 46.8 cm³/mol. The minimum absolute atomic E-state index is 0.133. The Labute approximate surface area is 70.2 Å². The summed E-state index contributed by atoms with van der Waals surface area (Å²) in [6.07, 6.45) is 1.94. The standard InChI is InChI=1S/C9H10N2O/c12-6-5-11-7-8-3-1-2-4-9(8)10-11/h1-4,7,12H,5-6H2. The summed E-state index contributed by atoms with van der Waals surface area (Å²) in [4.78, 5) is 0. The van der Waals surface area contributed by atoms with Crippen LogP contribution in [0.5, 0.6) is 0 Å². The van der Waals surface area contributed by atoms with Gasteiger partial charge in [-0.1, -0.05) is 18.2 Å². The maximum atomic E-state index is 8.68. The molecule has 0 saturated carbocycles. The molecule has 0 atom stereocenters. The maximum Gasteiger partial charge on any atom is 0.0923 e. The molecule has 12 heavy (non-hydrogen) atoms. The van der Waals surface area contributed by atoms with Crippen LogP contribution in [0, 0.1) is 0 Å². The van der Waals surface area contributed by atoms with Gasteiger partial charge in [0, 0.05) is 11.6 Å². The summed E-state index contributed by atoms with van der Waals surface area (Å²) in [6, 6.07) is 7.91. The van der Waals surface area contributed by atoms with Crippen molar-refractivity contribution in [3.63, 3.8) is 0 Å². The Balaban J connectivity index is 2.47. The molecule has 3 heteroatoms. The SMILES string of the molecule is OCCn1cc2ccccc2n1. The maximum absolute atomic E-state index is 8.68. The fraction of sp³-hybridized carbons (Fsp3) is 0.222. The van der Waals surface area contributed by atoms with Gasteiger partial charge in [0.1, 0.15) is 0 Å². The van der Waals surface area contributed by atoms with E-state index < -0.39 is 0 Å². The van der Waals surface area contributed by atoms with Crippen LogP contribution in [0.25, 0.3) is 10.9 Å². The van der Waals surface area contributed by atoms with E-state index in [1.54, 1.807) is 4.68 Å². The predicted octanol–water partition coefficient (Wildman–Crippen LogP) is 1.03. The number of hydrogen-bond donors (Lipinski definition) is 1. The first-order valence-electron chi connectivity index (χ1n) is 3.93. The van der Waals surface area contributed by atoms with E-state index >= 15 is 0 Å². The van der Waals surface area contributed by atoms with Gasteiger partial charge < -0.3 is 5.11 Å². The Bertz CT molecular complexity index is 348. The number of nitrogens with zero attached hydrogens (tertiary/aromatic N) is 2.